The van der Waals surface area contributed by atoms with Crippen LogP contribution in [0.2, 0.25) is 0 Å². The van der Waals surface area contributed by atoms with E-state index in [9.17, 15) is 0 Å². The summed E-state index contributed by atoms with van der Waals surface area (Å²) in [5, 5.41) is 3.59. The first-order chi connectivity index (χ1) is 9.90. The molecular weight excluding hydrogens is 260 g/mol. The van der Waals surface area contributed by atoms with Crippen LogP contribution in [0.1, 0.15) is 39.7 Å². The molecule has 1 aliphatic heterocycles. The van der Waals surface area contributed by atoms with E-state index >= 15 is 0 Å². The van der Waals surface area contributed by atoms with Crippen LogP contribution in [0.15, 0.2) is 18.5 Å². The van der Waals surface area contributed by atoms with Gasteiger partial charge in [-0.25, -0.2) is 0 Å². The molecule has 1 atom stereocenters. The summed E-state index contributed by atoms with van der Waals surface area (Å²) in [6, 6.07) is 2.79. The minimum atomic E-state index is 0.134. The summed E-state index contributed by atoms with van der Waals surface area (Å²) in [6.07, 6.45) is 5.12. The second-order valence-corrected chi connectivity index (χ2v) is 7.10. The summed E-state index contributed by atoms with van der Waals surface area (Å²) < 4.78 is 0. The fourth-order valence-corrected chi connectivity index (χ4v) is 2.82. The number of nitrogens with zero attached hydrogens (tertiary/aromatic N) is 3. The Morgan fingerprint density at radius 1 is 1.33 bits per heavy atom. The molecule has 2 heterocycles. The molecule has 0 bridgehead atoms. The molecular formula is C17H30N4. The van der Waals surface area contributed by atoms with Crippen molar-refractivity contribution in [2.75, 3.05) is 31.6 Å². The van der Waals surface area contributed by atoms with Gasteiger partial charge < -0.3 is 10.2 Å². The predicted octanol–water partition coefficient (Wildman–Crippen LogP) is 2.50. The van der Waals surface area contributed by atoms with Gasteiger partial charge in [-0.15, -0.1) is 0 Å². The topological polar surface area (TPSA) is 31.4 Å². The molecule has 0 aliphatic carbocycles. The molecule has 1 fully saturated rings. The molecule has 21 heavy (non-hydrogen) atoms. The Morgan fingerprint density at radius 2 is 2.10 bits per heavy atom. The fraction of sp³-hybridized carbons (Fsp3) is 0.706. The van der Waals surface area contributed by atoms with Gasteiger partial charge in [0.1, 0.15) is 0 Å². The fourth-order valence-electron chi connectivity index (χ4n) is 2.82. The van der Waals surface area contributed by atoms with Gasteiger partial charge in [0.25, 0.3) is 0 Å². The van der Waals surface area contributed by atoms with Crippen molar-refractivity contribution in [3.8, 4) is 0 Å². The minimum Gasteiger partial charge on any atom is -0.367 e. The third-order valence-electron chi connectivity index (χ3n) is 4.29. The molecule has 0 radical (unpaired) electrons. The summed E-state index contributed by atoms with van der Waals surface area (Å²) in [5.74, 6) is 0. The van der Waals surface area contributed by atoms with Crippen LogP contribution in [0.25, 0.3) is 0 Å². The van der Waals surface area contributed by atoms with Crippen LogP contribution in [0.3, 0.4) is 0 Å². The van der Waals surface area contributed by atoms with E-state index in [-0.39, 0.29) is 5.54 Å². The Kier molecular flexibility index (Phi) is 5.22. The lowest BCUT2D eigenvalue weighted by Gasteiger charge is -2.41. The predicted molar refractivity (Wildman–Crippen MR) is 89.8 cm³/mol. The van der Waals surface area contributed by atoms with Gasteiger partial charge in [0.15, 0.2) is 0 Å². The Hall–Kier alpha value is -1.13. The lowest BCUT2D eigenvalue weighted by Crippen LogP contribution is -2.51. The van der Waals surface area contributed by atoms with Gasteiger partial charge in [-0.1, -0.05) is 6.92 Å². The van der Waals surface area contributed by atoms with Gasteiger partial charge in [0.05, 0.1) is 11.9 Å². The molecule has 1 aromatic rings. The zero-order valence-electron chi connectivity index (χ0n) is 14.2. The van der Waals surface area contributed by atoms with Gasteiger partial charge in [-0.05, 0) is 45.9 Å². The van der Waals surface area contributed by atoms with Gasteiger partial charge in [0.2, 0.25) is 0 Å². The first-order valence-corrected chi connectivity index (χ1v) is 8.04. The van der Waals surface area contributed by atoms with Crippen molar-refractivity contribution in [1.82, 2.24) is 15.2 Å². The average Bonchev–Trinajstić information content (AvgIpc) is 2.45. The van der Waals surface area contributed by atoms with Crippen molar-refractivity contribution in [1.29, 1.82) is 0 Å². The number of hydrogen-bond donors (Lipinski definition) is 1. The molecule has 1 unspecified atom stereocenters. The highest BCUT2D eigenvalue weighted by atomic mass is 15.3. The minimum absolute atomic E-state index is 0.134. The molecule has 0 saturated carbocycles. The van der Waals surface area contributed by atoms with Crippen molar-refractivity contribution in [3.05, 3.63) is 24.0 Å². The van der Waals surface area contributed by atoms with E-state index in [1.165, 1.54) is 17.7 Å². The molecule has 4 nitrogen and oxygen atoms in total. The maximum absolute atomic E-state index is 4.35. The molecule has 1 aliphatic rings. The molecule has 1 saturated heterocycles. The molecule has 1 aromatic heterocycles. The smallest absolute Gasteiger partial charge is 0.0599 e. The summed E-state index contributed by atoms with van der Waals surface area (Å²) in [5.41, 5.74) is 2.77. The number of piperazine rings is 1. The number of likely N-dealkylation sites (N-methyl/N-ethyl adjacent to an activating group) is 1. The van der Waals surface area contributed by atoms with E-state index in [1.807, 2.05) is 12.4 Å². The third-order valence-corrected chi connectivity index (χ3v) is 4.29. The number of rotatable bonds is 4. The highest BCUT2D eigenvalue weighted by Gasteiger charge is 2.24. The highest BCUT2D eigenvalue weighted by Crippen LogP contribution is 2.23. The van der Waals surface area contributed by atoms with E-state index in [1.54, 1.807) is 0 Å². The Balaban J connectivity index is 2.12. The Bertz CT molecular complexity index is 452. The van der Waals surface area contributed by atoms with Crippen LogP contribution in [0, 0.1) is 0 Å². The zero-order chi connectivity index (χ0) is 15.5. The maximum atomic E-state index is 4.35. The van der Waals surface area contributed by atoms with Crippen LogP contribution in [-0.4, -0.2) is 48.1 Å². The molecule has 0 spiro atoms. The van der Waals surface area contributed by atoms with Crippen LogP contribution in [0.5, 0.6) is 0 Å². The summed E-state index contributed by atoms with van der Waals surface area (Å²) in [7, 11) is 2.23. The van der Waals surface area contributed by atoms with Gasteiger partial charge >= 0.3 is 0 Å². The molecule has 0 aromatic carbocycles. The maximum Gasteiger partial charge on any atom is 0.0599 e. The van der Waals surface area contributed by atoms with Crippen LogP contribution < -0.4 is 10.2 Å². The Labute approximate surface area is 129 Å². The molecule has 2 rings (SSSR count). The monoisotopic (exact) mass is 290 g/mol. The SMILES string of the molecule is CCC1CN(c2cnccc2CNC(C)(C)C)CCN1C. The van der Waals surface area contributed by atoms with Crippen LogP contribution in [-0.2, 0) is 6.54 Å². The van der Waals surface area contributed by atoms with Crippen molar-refractivity contribution >= 4 is 5.69 Å². The molecule has 118 valence electrons. The van der Waals surface area contributed by atoms with Crippen molar-refractivity contribution in [3.63, 3.8) is 0 Å². The number of anilines is 1. The van der Waals surface area contributed by atoms with Crippen LogP contribution >= 0.6 is 0 Å². The van der Waals surface area contributed by atoms with E-state index in [0.717, 1.165) is 26.2 Å². The second kappa shape index (κ2) is 6.75. The number of hydrogen-bond acceptors (Lipinski definition) is 4. The number of nitrogens with one attached hydrogen (secondary N) is 1. The van der Waals surface area contributed by atoms with Gasteiger partial charge in [0, 0.05) is 44.0 Å². The number of pyridine rings is 1. The lowest BCUT2D eigenvalue weighted by atomic mass is 10.1. The molecule has 0 amide bonds. The summed E-state index contributed by atoms with van der Waals surface area (Å²) in [4.78, 5) is 9.32. The largest absolute Gasteiger partial charge is 0.367 e. The molecule has 1 N–H and O–H groups in total. The van der Waals surface area contributed by atoms with Crippen molar-refractivity contribution in [2.24, 2.45) is 0 Å². The van der Waals surface area contributed by atoms with E-state index in [2.05, 4.69) is 60.9 Å². The first-order valence-electron chi connectivity index (χ1n) is 8.04. The summed E-state index contributed by atoms with van der Waals surface area (Å²) in [6.45, 7) is 13.1. The van der Waals surface area contributed by atoms with Crippen molar-refractivity contribution in [2.45, 2.75) is 52.2 Å². The second-order valence-electron chi connectivity index (χ2n) is 7.10. The lowest BCUT2D eigenvalue weighted by molar-refractivity contribution is 0.213. The normalized spacial score (nSPS) is 20.8. The zero-order valence-corrected chi connectivity index (χ0v) is 14.2. The standard InChI is InChI=1S/C17H30N4/c1-6-15-13-21(10-9-20(15)5)16-12-18-8-7-14(16)11-19-17(2,3)4/h7-8,12,15,19H,6,9-11,13H2,1-5H3. The summed E-state index contributed by atoms with van der Waals surface area (Å²) >= 11 is 0. The van der Waals surface area contributed by atoms with E-state index < -0.39 is 0 Å². The Morgan fingerprint density at radius 3 is 2.76 bits per heavy atom. The van der Waals surface area contributed by atoms with E-state index in [0.29, 0.717) is 6.04 Å². The van der Waals surface area contributed by atoms with Crippen LogP contribution in [0.4, 0.5) is 5.69 Å². The first kappa shape index (κ1) is 16.2. The number of aromatic nitrogens is 1. The average molecular weight is 290 g/mol. The van der Waals surface area contributed by atoms with Gasteiger partial charge in [-0.3, -0.25) is 9.88 Å². The molecule has 4 heteroatoms. The third kappa shape index (κ3) is 4.42. The van der Waals surface area contributed by atoms with Crippen molar-refractivity contribution < 1.29 is 0 Å². The quantitative estimate of drug-likeness (QED) is 0.923. The van der Waals surface area contributed by atoms with E-state index in [4.69, 9.17) is 0 Å². The van der Waals surface area contributed by atoms with Gasteiger partial charge in [-0.2, -0.15) is 0 Å². The highest BCUT2D eigenvalue weighted by molar-refractivity contribution is 5.52.